The van der Waals surface area contributed by atoms with Crippen molar-refractivity contribution < 1.29 is 18.3 Å². The number of nitrogens with one attached hydrogen (secondary N) is 1. The monoisotopic (exact) mass is 473 g/mol. The Kier molecular flexibility index (Phi) is 6.48. The Morgan fingerprint density at radius 2 is 1.97 bits per heavy atom. The lowest BCUT2D eigenvalue weighted by molar-refractivity contribution is 0.0992. The third-order valence-electron chi connectivity index (χ3n) is 4.59. The van der Waals surface area contributed by atoms with E-state index in [2.05, 4.69) is 10.4 Å². The van der Waals surface area contributed by atoms with Crippen LogP contribution in [0.1, 0.15) is 27.4 Å². The highest BCUT2D eigenvalue weighted by Crippen LogP contribution is 2.29. The first-order chi connectivity index (χ1) is 15.4. The molecule has 4 rings (SSSR count). The molecule has 9 heteroatoms. The van der Waals surface area contributed by atoms with Crippen LogP contribution in [-0.2, 0) is 13.2 Å². The van der Waals surface area contributed by atoms with E-state index in [0.29, 0.717) is 28.6 Å². The Balaban J connectivity index is 1.39. The zero-order chi connectivity index (χ0) is 22.7. The second-order valence-corrected chi connectivity index (χ2v) is 7.86. The molecule has 1 amide bonds. The standard InChI is InChI=1S/C23H18Cl2FN3O3/c1-14-4-2-7-18(24)21(14)31-13-17-8-9-20(32-17)23(30)27-22-19(25)12-29(28-22)11-15-5-3-6-16(26)10-15/h2-10,12H,11,13H2,1H3,(H,27,28,30). The van der Waals surface area contributed by atoms with Crippen LogP contribution in [0.3, 0.4) is 0 Å². The molecule has 0 unspecified atom stereocenters. The van der Waals surface area contributed by atoms with Crippen molar-refractivity contribution in [3.63, 3.8) is 0 Å². The van der Waals surface area contributed by atoms with Gasteiger partial charge in [0.15, 0.2) is 11.6 Å². The first-order valence-electron chi connectivity index (χ1n) is 9.64. The minimum absolute atomic E-state index is 0.0789. The van der Waals surface area contributed by atoms with Gasteiger partial charge < -0.3 is 14.5 Å². The number of para-hydroxylation sites is 1. The van der Waals surface area contributed by atoms with Gasteiger partial charge in [-0.25, -0.2) is 4.39 Å². The maximum Gasteiger partial charge on any atom is 0.292 e. The second kappa shape index (κ2) is 9.46. The van der Waals surface area contributed by atoms with Crippen LogP contribution < -0.4 is 10.1 Å². The fourth-order valence-corrected chi connectivity index (χ4v) is 3.55. The van der Waals surface area contributed by atoms with Crippen LogP contribution in [0.25, 0.3) is 0 Å². The number of benzene rings is 2. The number of rotatable bonds is 7. The number of hydrogen-bond acceptors (Lipinski definition) is 4. The van der Waals surface area contributed by atoms with Crippen molar-refractivity contribution in [1.29, 1.82) is 0 Å². The van der Waals surface area contributed by atoms with Crippen LogP contribution in [0.15, 0.2) is 65.2 Å². The number of amides is 1. The third kappa shape index (κ3) is 5.12. The number of nitrogens with zero attached hydrogens (tertiary/aromatic N) is 2. The van der Waals surface area contributed by atoms with Crippen LogP contribution in [0.5, 0.6) is 5.75 Å². The van der Waals surface area contributed by atoms with Gasteiger partial charge in [0.25, 0.3) is 5.91 Å². The Morgan fingerprint density at radius 3 is 2.75 bits per heavy atom. The molecule has 0 aliphatic heterocycles. The maximum absolute atomic E-state index is 13.4. The van der Waals surface area contributed by atoms with E-state index in [0.717, 1.165) is 5.56 Å². The number of hydrogen-bond donors (Lipinski definition) is 1. The van der Waals surface area contributed by atoms with Gasteiger partial charge in [0.1, 0.15) is 29.0 Å². The van der Waals surface area contributed by atoms with Crippen molar-refractivity contribution in [1.82, 2.24) is 9.78 Å². The SMILES string of the molecule is Cc1cccc(Cl)c1OCc1ccc(C(=O)Nc2nn(Cc3cccc(F)c3)cc2Cl)o1. The first-order valence-corrected chi connectivity index (χ1v) is 10.4. The molecule has 0 aliphatic carbocycles. The summed E-state index contributed by atoms with van der Waals surface area (Å²) in [6, 6.07) is 14.8. The van der Waals surface area contributed by atoms with E-state index >= 15 is 0 Å². The fraction of sp³-hybridized carbons (Fsp3) is 0.130. The first kappa shape index (κ1) is 21.9. The number of carbonyl (C=O) groups is 1. The van der Waals surface area contributed by atoms with Crippen molar-refractivity contribution in [3.8, 4) is 5.75 Å². The quantitative estimate of drug-likeness (QED) is 0.351. The number of aromatic nitrogens is 2. The van der Waals surface area contributed by atoms with Crippen LogP contribution in [-0.4, -0.2) is 15.7 Å². The summed E-state index contributed by atoms with van der Waals surface area (Å²) in [6.07, 6.45) is 1.55. The van der Waals surface area contributed by atoms with E-state index in [9.17, 15) is 9.18 Å². The zero-order valence-electron chi connectivity index (χ0n) is 16.9. The van der Waals surface area contributed by atoms with Crippen LogP contribution in [0, 0.1) is 12.7 Å². The summed E-state index contributed by atoms with van der Waals surface area (Å²) in [7, 11) is 0. The van der Waals surface area contributed by atoms with Gasteiger partial charge in [0.2, 0.25) is 0 Å². The molecule has 0 atom stereocenters. The summed E-state index contributed by atoms with van der Waals surface area (Å²) in [5, 5.41) is 7.62. The highest BCUT2D eigenvalue weighted by molar-refractivity contribution is 6.33. The number of ether oxygens (including phenoxy) is 1. The molecule has 164 valence electrons. The fourth-order valence-electron chi connectivity index (χ4n) is 3.07. The van der Waals surface area contributed by atoms with Gasteiger partial charge >= 0.3 is 0 Å². The molecular formula is C23H18Cl2FN3O3. The van der Waals surface area contributed by atoms with Gasteiger partial charge in [0.05, 0.1) is 11.6 Å². The molecule has 1 N–H and O–H groups in total. The van der Waals surface area contributed by atoms with Gasteiger partial charge in [-0.3, -0.25) is 9.48 Å². The lowest BCUT2D eigenvalue weighted by Crippen LogP contribution is -2.12. The Hall–Kier alpha value is -3.29. The molecule has 0 saturated heterocycles. The largest absolute Gasteiger partial charge is 0.484 e. The van der Waals surface area contributed by atoms with Gasteiger partial charge in [-0.1, -0.05) is 47.5 Å². The Bertz CT molecular complexity index is 1250. The minimum atomic E-state index is -0.511. The minimum Gasteiger partial charge on any atom is -0.484 e. The van der Waals surface area contributed by atoms with Gasteiger partial charge in [0, 0.05) is 6.20 Å². The molecule has 2 aromatic heterocycles. The van der Waals surface area contributed by atoms with Gasteiger partial charge in [-0.05, 0) is 48.4 Å². The zero-order valence-corrected chi connectivity index (χ0v) is 18.5. The third-order valence-corrected chi connectivity index (χ3v) is 5.16. The molecule has 0 fully saturated rings. The summed E-state index contributed by atoms with van der Waals surface area (Å²) in [6.45, 7) is 2.30. The average molecular weight is 474 g/mol. The van der Waals surface area contributed by atoms with Gasteiger partial charge in [-0.15, -0.1) is 0 Å². The van der Waals surface area contributed by atoms with Crippen LogP contribution >= 0.6 is 23.2 Å². The number of furan rings is 1. The summed E-state index contributed by atoms with van der Waals surface area (Å²) < 4.78 is 26.2. The van der Waals surface area contributed by atoms with E-state index in [-0.39, 0.29) is 29.0 Å². The van der Waals surface area contributed by atoms with E-state index in [4.69, 9.17) is 32.4 Å². The molecule has 6 nitrogen and oxygen atoms in total. The van der Waals surface area contributed by atoms with E-state index in [1.54, 1.807) is 30.5 Å². The Morgan fingerprint density at radius 1 is 1.16 bits per heavy atom. The van der Waals surface area contributed by atoms with Crippen LogP contribution in [0.4, 0.5) is 10.2 Å². The number of carbonyl (C=O) groups excluding carboxylic acids is 1. The average Bonchev–Trinajstić information content (AvgIpc) is 3.34. The van der Waals surface area contributed by atoms with Crippen molar-refractivity contribution in [2.24, 2.45) is 0 Å². The van der Waals surface area contributed by atoms with E-state index < -0.39 is 5.91 Å². The lowest BCUT2D eigenvalue weighted by atomic mass is 10.2. The molecule has 4 aromatic rings. The predicted molar refractivity (Wildman–Crippen MR) is 120 cm³/mol. The Labute approximate surface area is 193 Å². The van der Waals surface area contributed by atoms with Crippen molar-refractivity contribution >= 4 is 34.9 Å². The van der Waals surface area contributed by atoms with Gasteiger partial charge in [-0.2, -0.15) is 5.10 Å². The molecule has 32 heavy (non-hydrogen) atoms. The molecule has 0 bridgehead atoms. The van der Waals surface area contributed by atoms with Crippen molar-refractivity contribution in [2.75, 3.05) is 5.32 Å². The maximum atomic E-state index is 13.4. The van der Waals surface area contributed by atoms with Crippen molar-refractivity contribution in [3.05, 3.63) is 99.3 Å². The molecule has 0 saturated carbocycles. The predicted octanol–water partition coefficient (Wildman–Crippen LogP) is 6.11. The normalized spacial score (nSPS) is 10.9. The highest BCUT2D eigenvalue weighted by Gasteiger charge is 2.16. The second-order valence-electron chi connectivity index (χ2n) is 7.05. The van der Waals surface area contributed by atoms with Crippen molar-refractivity contribution in [2.45, 2.75) is 20.1 Å². The summed E-state index contributed by atoms with van der Waals surface area (Å²) in [5.41, 5.74) is 1.61. The summed E-state index contributed by atoms with van der Waals surface area (Å²) in [5.74, 6) is 0.424. The molecule has 0 spiro atoms. The molecule has 0 aliphatic rings. The summed E-state index contributed by atoms with van der Waals surface area (Å²) >= 11 is 12.3. The molecule has 2 heterocycles. The topological polar surface area (TPSA) is 69.3 Å². The number of halogens is 3. The van der Waals surface area contributed by atoms with E-state index in [1.807, 2.05) is 19.1 Å². The lowest BCUT2D eigenvalue weighted by Gasteiger charge is -2.09. The van der Waals surface area contributed by atoms with Crippen LogP contribution in [0.2, 0.25) is 10.0 Å². The number of aryl methyl sites for hydroxylation is 1. The van der Waals surface area contributed by atoms with E-state index in [1.165, 1.54) is 22.9 Å². The molecular weight excluding hydrogens is 456 g/mol. The number of anilines is 1. The summed E-state index contributed by atoms with van der Waals surface area (Å²) in [4.78, 5) is 12.6. The molecule has 2 aromatic carbocycles. The smallest absolute Gasteiger partial charge is 0.292 e. The highest BCUT2D eigenvalue weighted by atomic mass is 35.5. The molecule has 0 radical (unpaired) electrons.